The minimum absolute atomic E-state index is 0.298. The number of hydrogen-bond donors (Lipinski definition) is 1. The van der Waals surface area contributed by atoms with Crippen LogP contribution in [0.5, 0.6) is 0 Å². The van der Waals surface area contributed by atoms with Gasteiger partial charge in [-0.2, -0.15) is 5.10 Å². The normalized spacial score (nSPS) is 11.1. The summed E-state index contributed by atoms with van der Waals surface area (Å²) in [7, 11) is 1.75. The molecule has 0 aliphatic rings. The van der Waals surface area contributed by atoms with E-state index in [0.717, 1.165) is 5.56 Å². The van der Waals surface area contributed by atoms with E-state index in [2.05, 4.69) is 10.4 Å². The lowest BCUT2D eigenvalue weighted by atomic mass is 10.1. The van der Waals surface area contributed by atoms with E-state index in [1.807, 2.05) is 0 Å². The quantitative estimate of drug-likeness (QED) is 0.856. The molecule has 0 saturated heterocycles. The maximum absolute atomic E-state index is 12.0. The van der Waals surface area contributed by atoms with Crippen molar-refractivity contribution >= 4 is 17.7 Å². The van der Waals surface area contributed by atoms with Gasteiger partial charge in [0.05, 0.1) is 18.5 Å². The molecule has 2 aromatic rings. The zero-order chi connectivity index (χ0) is 18.6. The van der Waals surface area contributed by atoms with Gasteiger partial charge < -0.3 is 9.47 Å². The van der Waals surface area contributed by atoms with Gasteiger partial charge in [0.15, 0.2) is 0 Å². The summed E-state index contributed by atoms with van der Waals surface area (Å²) in [4.78, 5) is 23.9. The van der Waals surface area contributed by atoms with Crippen LogP contribution in [0.3, 0.4) is 0 Å². The molecule has 1 aromatic carbocycles. The first-order chi connectivity index (χ1) is 11.7. The number of nitrogens with one attached hydrogen (secondary N) is 1. The summed E-state index contributed by atoms with van der Waals surface area (Å²) >= 11 is 0. The summed E-state index contributed by atoms with van der Waals surface area (Å²) in [5.74, 6) is -0.415. The van der Waals surface area contributed by atoms with Gasteiger partial charge in [-0.25, -0.2) is 9.59 Å². The molecular formula is C18H23N3O4. The number of anilines is 1. The Labute approximate surface area is 146 Å². The van der Waals surface area contributed by atoms with Crippen LogP contribution in [0.4, 0.5) is 10.5 Å². The molecule has 0 aliphatic carbocycles. The average Bonchev–Trinajstić information content (AvgIpc) is 2.88. The number of rotatable bonds is 4. The highest BCUT2D eigenvalue weighted by molar-refractivity contribution is 5.96. The highest BCUT2D eigenvalue weighted by Crippen LogP contribution is 2.25. The van der Waals surface area contributed by atoms with Crippen molar-refractivity contribution in [1.29, 1.82) is 0 Å². The highest BCUT2D eigenvalue weighted by Gasteiger charge is 2.19. The SMILES string of the molecule is CCOC(=O)c1cnn(C)c1-c1ccc(NC(=O)OC(C)(C)C)cc1. The van der Waals surface area contributed by atoms with Crippen molar-refractivity contribution in [3.05, 3.63) is 36.0 Å². The number of aryl methyl sites for hydroxylation is 1. The van der Waals surface area contributed by atoms with Crippen molar-refractivity contribution in [3.8, 4) is 11.3 Å². The molecule has 0 unspecified atom stereocenters. The van der Waals surface area contributed by atoms with Gasteiger partial charge in [-0.1, -0.05) is 12.1 Å². The number of hydrogen-bond acceptors (Lipinski definition) is 5. The van der Waals surface area contributed by atoms with Crippen molar-refractivity contribution in [3.63, 3.8) is 0 Å². The van der Waals surface area contributed by atoms with E-state index in [-0.39, 0.29) is 0 Å². The Hall–Kier alpha value is -2.83. The number of nitrogens with zero attached hydrogens (tertiary/aromatic N) is 2. The second kappa shape index (κ2) is 7.38. The van der Waals surface area contributed by atoms with Gasteiger partial charge >= 0.3 is 12.1 Å². The maximum atomic E-state index is 12.0. The van der Waals surface area contributed by atoms with Crippen molar-refractivity contribution < 1.29 is 19.1 Å². The number of carbonyl (C=O) groups is 2. The molecule has 25 heavy (non-hydrogen) atoms. The molecule has 7 nitrogen and oxygen atoms in total. The third kappa shape index (κ3) is 4.82. The number of esters is 1. The van der Waals surface area contributed by atoms with E-state index < -0.39 is 17.7 Å². The van der Waals surface area contributed by atoms with Crippen LogP contribution in [-0.4, -0.2) is 34.1 Å². The molecule has 134 valence electrons. The smallest absolute Gasteiger partial charge is 0.412 e. The van der Waals surface area contributed by atoms with Crippen LogP contribution in [0.15, 0.2) is 30.5 Å². The number of amides is 1. The number of benzene rings is 1. The van der Waals surface area contributed by atoms with E-state index in [1.165, 1.54) is 6.20 Å². The predicted octanol–water partition coefficient (Wildman–Crippen LogP) is 3.61. The fraction of sp³-hybridized carbons (Fsp3) is 0.389. The number of ether oxygens (including phenoxy) is 2. The molecule has 0 fully saturated rings. The predicted molar refractivity (Wildman–Crippen MR) is 94.5 cm³/mol. The molecule has 0 aliphatic heterocycles. The van der Waals surface area contributed by atoms with Crippen LogP contribution >= 0.6 is 0 Å². The molecular weight excluding hydrogens is 322 g/mol. The second-order valence-electron chi connectivity index (χ2n) is 6.46. The molecule has 0 radical (unpaired) electrons. The summed E-state index contributed by atoms with van der Waals surface area (Å²) in [5.41, 5.74) is 1.88. The van der Waals surface area contributed by atoms with Crippen LogP contribution in [0.2, 0.25) is 0 Å². The highest BCUT2D eigenvalue weighted by atomic mass is 16.6. The zero-order valence-electron chi connectivity index (χ0n) is 15.1. The van der Waals surface area contributed by atoms with Crippen molar-refractivity contribution in [1.82, 2.24) is 9.78 Å². The van der Waals surface area contributed by atoms with Gasteiger partial charge in [0.25, 0.3) is 0 Å². The molecule has 0 atom stereocenters. The fourth-order valence-corrected chi connectivity index (χ4v) is 2.27. The maximum Gasteiger partial charge on any atom is 0.412 e. The molecule has 1 N–H and O–H groups in total. The summed E-state index contributed by atoms with van der Waals surface area (Å²) in [6, 6.07) is 7.07. The van der Waals surface area contributed by atoms with Gasteiger partial charge in [-0.3, -0.25) is 10.00 Å². The Bertz CT molecular complexity index is 758. The van der Waals surface area contributed by atoms with Gasteiger partial charge in [0, 0.05) is 18.3 Å². The zero-order valence-corrected chi connectivity index (χ0v) is 15.1. The molecule has 1 amide bonds. The van der Waals surface area contributed by atoms with Crippen LogP contribution in [-0.2, 0) is 16.5 Å². The molecule has 0 saturated carbocycles. The Morgan fingerprint density at radius 1 is 1.20 bits per heavy atom. The van der Waals surface area contributed by atoms with Crippen LogP contribution < -0.4 is 5.32 Å². The minimum atomic E-state index is -0.562. The Balaban J connectivity index is 2.19. The molecule has 2 rings (SSSR count). The van der Waals surface area contributed by atoms with Gasteiger partial charge in [-0.05, 0) is 39.8 Å². The van der Waals surface area contributed by atoms with Crippen molar-refractivity contribution in [2.45, 2.75) is 33.3 Å². The first kappa shape index (κ1) is 18.5. The first-order valence-electron chi connectivity index (χ1n) is 8.01. The topological polar surface area (TPSA) is 82.5 Å². The molecule has 0 spiro atoms. The molecule has 0 bridgehead atoms. The third-order valence-electron chi connectivity index (χ3n) is 3.24. The summed E-state index contributed by atoms with van der Waals surface area (Å²) in [6.07, 6.45) is 0.966. The fourth-order valence-electron chi connectivity index (χ4n) is 2.27. The van der Waals surface area contributed by atoms with E-state index >= 15 is 0 Å². The van der Waals surface area contributed by atoms with Gasteiger partial charge in [-0.15, -0.1) is 0 Å². The van der Waals surface area contributed by atoms with E-state index in [0.29, 0.717) is 23.6 Å². The largest absolute Gasteiger partial charge is 0.462 e. The van der Waals surface area contributed by atoms with Gasteiger partial charge in [0.1, 0.15) is 11.2 Å². The molecule has 7 heteroatoms. The summed E-state index contributed by atoms with van der Waals surface area (Å²) < 4.78 is 11.9. The first-order valence-corrected chi connectivity index (χ1v) is 8.01. The van der Waals surface area contributed by atoms with Gasteiger partial charge in [0.2, 0.25) is 0 Å². The van der Waals surface area contributed by atoms with Crippen LogP contribution in [0, 0.1) is 0 Å². The number of carbonyl (C=O) groups excluding carboxylic acids is 2. The van der Waals surface area contributed by atoms with Crippen molar-refractivity contribution in [2.24, 2.45) is 7.05 Å². The van der Waals surface area contributed by atoms with E-state index in [1.54, 1.807) is 63.7 Å². The van der Waals surface area contributed by atoms with E-state index in [4.69, 9.17) is 9.47 Å². The van der Waals surface area contributed by atoms with Crippen LogP contribution in [0.25, 0.3) is 11.3 Å². The standard InChI is InChI=1S/C18H23N3O4/c1-6-24-16(22)14-11-19-21(5)15(14)12-7-9-13(10-8-12)20-17(23)25-18(2,3)4/h7-11H,6H2,1-5H3,(H,20,23). The van der Waals surface area contributed by atoms with Crippen molar-refractivity contribution in [2.75, 3.05) is 11.9 Å². The average molecular weight is 345 g/mol. The summed E-state index contributed by atoms with van der Waals surface area (Å²) in [5, 5.41) is 6.80. The second-order valence-corrected chi connectivity index (χ2v) is 6.46. The third-order valence-corrected chi connectivity index (χ3v) is 3.24. The minimum Gasteiger partial charge on any atom is -0.462 e. The lowest BCUT2D eigenvalue weighted by molar-refractivity contribution is 0.0526. The Morgan fingerprint density at radius 3 is 2.40 bits per heavy atom. The van der Waals surface area contributed by atoms with E-state index in [9.17, 15) is 9.59 Å². The number of aromatic nitrogens is 2. The Morgan fingerprint density at radius 2 is 1.84 bits per heavy atom. The lowest BCUT2D eigenvalue weighted by Gasteiger charge is -2.19. The lowest BCUT2D eigenvalue weighted by Crippen LogP contribution is -2.27. The van der Waals surface area contributed by atoms with Crippen LogP contribution in [0.1, 0.15) is 38.1 Å². The molecule has 1 heterocycles. The monoisotopic (exact) mass is 345 g/mol. The summed E-state index contributed by atoms with van der Waals surface area (Å²) in [6.45, 7) is 7.45. The molecule has 1 aromatic heterocycles. The Kier molecular flexibility index (Phi) is 5.46.